The van der Waals surface area contributed by atoms with Gasteiger partial charge in [0, 0.05) is 6.04 Å². The van der Waals surface area contributed by atoms with Crippen LogP contribution in [0.5, 0.6) is 0 Å². The molecule has 1 saturated heterocycles. The normalized spacial score (nSPS) is 28.2. The third-order valence-electron chi connectivity index (χ3n) is 7.08. The van der Waals surface area contributed by atoms with E-state index < -0.39 is 12.0 Å². The molecule has 1 saturated carbocycles. The Balaban J connectivity index is 1.41. The van der Waals surface area contributed by atoms with Crippen molar-refractivity contribution >= 4 is 11.9 Å². The zero-order valence-corrected chi connectivity index (χ0v) is 16.8. The molecule has 5 heteroatoms. The fraction of sp³-hybridized carbons (Fsp3) is 0.652. The van der Waals surface area contributed by atoms with E-state index in [9.17, 15) is 14.7 Å². The second-order valence-electron chi connectivity index (χ2n) is 8.90. The number of nitrogens with zero attached hydrogens (tertiary/aromatic N) is 1. The quantitative estimate of drug-likeness (QED) is 0.816. The Morgan fingerprint density at radius 3 is 2.68 bits per heavy atom. The molecular weight excluding hydrogens is 352 g/mol. The fourth-order valence-corrected chi connectivity index (χ4v) is 5.58. The number of likely N-dealkylation sites (tertiary alicyclic amines) is 1. The number of carbonyl (C=O) groups is 2. The predicted molar refractivity (Wildman–Crippen MR) is 108 cm³/mol. The summed E-state index contributed by atoms with van der Waals surface area (Å²) in [6.45, 7) is 2.21. The molecule has 5 nitrogen and oxygen atoms in total. The lowest BCUT2D eigenvalue weighted by Gasteiger charge is -2.32. The number of nitrogens with one attached hydrogen (secondary N) is 1. The van der Waals surface area contributed by atoms with Gasteiger partial charge in [-0.3, -0.25) is 14.5 Å². The van der Waals surface area contributed by atoms with Gasteiger partial charge in [0.2, 0.25) is 5.91 Å². The van der Waals surface area contributed by atoms with Crippen LogP contribution in [-0.2, 0) is 22.4 Å². The van der Waals surface area contributed by atoms with Gasteiger partial charge in [0.1, 0.15) is 6.04 Å². The van der Waals surface area contributed by atoms with Gasteiger partial charge in [0.25, 0.3) is 0 Å². The number of fused-ring (bicyclic) bond motifs is 2. The predicted octanol–water partition coefficient (Wildman–Crippen LogP) is 3.46. The van der Waals surface area contributed by atoms with Gasteiger partial charge in [0.05, 0.1) is 12.6 Å². The van der Waals surface area contributed by atoms with E-state index in [0.29, 0.717) is 12.3 Å². The van der Waals surface area contributed by atoms with Crippen molar-refractivity contribution < 1.29 is 14.7 Å². The van der Waals surface area contributed by atoms with Crippen LogP contribution in [0.15, 0.2) is 18.2 Å². The molecule has 1 amide bonds. The zero-order chi connectivity index (χ0) is 19.7. The summed E-state index contributed by atoms with van der Waals surface area (Å²) in [5, 5.41) is 12.8. The van der Waals surface area contributed by atoms with E-state index >= 15 is 0 Å². The molecule has 0 spiro atoms. The molecule has 1 aliphatic heterocycles. The molecule has 152 valence electrons. The van der Waals surface area contributed by atoms with Crippen LogP contribution in [0.3, 0.4) is 0 Å². The molecule has 4 rings (SSSR count). The number of aliphatic carboxylic acids is 1. The Morgan fingerprint density at radius 1 is 1.14 bits per heavy atom. The van der Waals surface area contributed by atoms with E-state index in [0.717, 1.165) is 37.7 Å². The minimum atomic E-state index is -0.787. The molecule has 2 fully saturated rings. The van der Waals surface area contributed by atoms with E-state index in [1.165, 1.54) is 30.4 Å². The van der Waals surface area contributed by atoms with E-state index in [1.807, 2.05) is 11.8 Å². The third kappa shape index (κ3) is 3.95. The summed E-state index contributed by atoms with van der Waals surface area (Å²) in [7, 11) is 0. The monoisotopic (exact) mass is 384 g/mol. The molecular formula is C23H32N2O3. The molecule has 28 heavy (non-hydrogen) atoms. The number of carboxylic acid groups (broad SMARTS) is 1. The molecule has 2 aliphatic carbocycles. The summed E-state index contributed by atoms with van der Waals surface area (Å²) in [6.07, 6.45) is 9.91. The summed E-state index contributed by atoms with van der Waals surface area (Å²) in [4.78, 5) is 26.5. The minimum Gasteiger partial charge on any atom is -0.480 e. The average molecular weight is 385 g/mol. The van der Waals surface area contributed by atoms with Crippen molar-refractivity contribution in [3.8, 4) is 0 Å². The van der Waals surface area contributed by atoms with Crippen LogP contribution >= 0.6 is 0 Å². The lowest BCUT2D eigenvalue weighted by molar-refractivity contribution is -0.143. The van der Waals surface area contributed by atoms with E-state index in [2.05, 4.69) is 23.5 Å². The first-order valence-electron chi connectivity index (χ1n) is 10.9. The van der Waals surface area contributed by atoms with Gasteiger partial charge in [-0.25, -0.2) is 0 Å². The smallest absolute Gasteiger partial charge is 0.320 e. The summed E-state index contributed by atoms with van der Waals surface area (Å²) < 4.78 is 0. The van der Waals surface area contributed by atoms with Gasteiger partial charge in [-0.1, -0.05) is 31.0 Å². The highest BCUT2D eigenvalue weighted by Gasteiger charge is 2.45. The minimum absolute atomic E-state index is 0.0623. The van der Waals surface area contributed by atoms with Gasteiger partial charge in [-0.05, 0) is 74.5 Å². The van der Waals surface area contributed by atoms with Gasteiger partial charge in [0.15, 0.2) is 0 Å². The first-order valence-corrected chi connectivity index (χ1v) is 10.9. The second-order valence-corrected chi connectivity index (χ2v) is 8.90. The standard InChI is InChI=1S/C23H32N2O3/c1-15(17-11-10-16-6-2-3-7-18(16)12-17)24-22(26)14-25-20-9-5-4-8-19(20)13-21(25)23(27)28/h10-12,15,19-21H,2-9,13-14H2,1H3,(H,24,26)(H,27,28). The second kappa shape index (κ2) is 8.24. The highest BCUT2D eigenvalue weighted by molar-refractivity contribution is 5.80. The Bertz CT molecular complexity index is 747. The molecule has 1 heterocycles. The lowest BCUT2D eigenvalue weighted by Crippen LogP contribution is -2.47. The number of carboxylic acids is 1. The van der Waals surface area contributed by atoms with Crippen LogP contribution in [0.2, 0.25) is 0 Å². The maximum atomic E-state index is 12.8. The van der Waals surface area contributed by atoms with E-state index in [1.54, 1.807) is 0 Å². The zero-order valence-electron chi connectivity index (χ0n) is 16.8. The molecule has 3 aliphatic rings. The van der Waals surface area contributed by atoms with Crippen LogP contribution in [0, 0.1) is 5.92 Å². The fourth-order valence-electron chi connectivity index (χ4n) is 5.58. The highest BCUT2D eigenvalue weighted by atomic mass is 16.4. The number of rotatable bonds is 5. The van der Waals surface area contributed by atoms with Crippen molar-refractivity contribution in [1.82, 2.24) is 10.2 Å². The maximum absolute atomic E-state index is 12.8. The van der Waals surface area contributed by atoms with Gasteiger partial charge < -0.3 is 10.4 Å². The number of amides is 1. The van der Waals surface area contributed by atoms with Crippen LogP contribution < -0.4 is 5.32 Å². The molecule has 4 unspecified atom stereocenters. The number of hydrogen-bond acceptors (Lipinski definition) is 3. The Kier molecular flexibility index (Phi) is 5.72. The molecule has 4 atom stereocenters. The summed E-state index contributed by atoms with van der Waals surface area (Å²) >= 11 is 0. The lowest BCUT2D eigenvalue weighted by atomic mass is 9.85. The van der Waals surface area contributed by atoms with Crippen LogP contribution in [0.25, 0.3) is 0 Å². The van der Waals surface area contributed by atoms with E-state index in [-0.39, 0.29) is 24.5 Å². The first-order chi connectivity index (χ1) is 13.5. The molecule has 0 bridgehead atoms. The molecule has 1 aromatic carbocycles. The maximum Gasteiger partial charge on any atom is 0.320 e. The van der Waals surface area contributed by atoms with Crippen molar-refractivity contribution in [3.63, 3.8) is 0 Å². The van der Waals surface area contributed by atoms with Crippen LogP contribution in [0.4, 0.5) is 0 Å². The summed E-state index contributed by atoms with van der Waals surface area (Å²) in [5.41, 5.74) is 4.00. The molecule has 0 aromatic heterocycles. The third-order valence-corrected chi connectivity index (χ3v) is 7.08. The molecule has 1 aromatic rings. The number of benzene rings is 1. The van der Waals surface area contributed by atoms with Crippen molar-refractivity contribution in [1.29, 1.82) is 0 Å². The Hall–Kier alpha value is -1.88. The van der Waals surface area contributed by atoms with Crippen LogP contribution in [-0.4, -0.2) is 40.5 Å². The number of carbonyl (C=O) groups excluding carboxylic acids is 1. The molecule has 2 N–H and O–H groups in total. The largest absolute Gasteiger partial charge is 0.480 e. The van der Waals surface area contributed by atoms with E-state index in [4.69, 9.17) is 0 Å². The number of hydrogen-bond donors (Lipinski definition) is 2. The topological polar surface area (TPSA) is 69.6 Å². The Morgan fingerprint density at radius 2 is 1.89 bits per heavy atom. The highest BCUT2D eigenvalue weighted by Crippen LogP contribution is 2.39. The van der Waals surface area contributed by atoms with Gasteiger partial charge >= 0.3 is 5.97 Å². The summed E-state index contributed by atoms with van der Waals surface area (Å²) in [6, 6.07) is 6.25. The van der Waals surface area contributed by atoms with Crippen molar-refractivity contribution in [2.24, 2.45) is 5.92 Å². The SMILES string of the molecule is CC(NC(=O)CN1C(C(=O)O)CC2CCCCC21)c1ccc2c(c1)CCCC2. The summed E-state index contributed by atoms with van der Waals surface area (Å²) in [5.74, 6) is -0.423. The first kappa shape index (κ1) is 19.4. The average Bonchev–Trinajstić information content (AvgIpc) is 3.06. The van der Waals surface area contributed by atoms with Crippen molar-refractivity contribution in [2.75, 3.05) is 6.54 Å². The van der Waals surface area contributed by atoms with Gasteiger partial charge in [-0.15, -0.1) is 0 Å². The number of aryl methyl sites for hydroxylation is 2. The van der Waals surface area contributed by atoms with Crippen LogP contribution in [0.1, 0.15) is 74.6 Å². The van der Waals surface area contributed by atoms with Gasteiger partial charge in [-0.2, -0.15) is 0 Å². The van der Waals surface area contributed by atoms with Crippen molar-refractivity contribution in [3.05, 3.63) is 34.9 Å². The molecule has 0 radical (unpaired) electrons. The Labute approximate surface area is 167 Å². The van der Waals surface area contributed by atoms with Crippen molar-refractivity contribution in [2.45, 2.75) is 82.8 Å².